The monoisotopic (exact) mass is 538 g/mol. The second-order valence-corrected chi connectivity index (χ2v) is 11.3. The minimum Gasteiger partial charge on any atom is -0.361 e. The fourth-order valence-corrected chi connectivity index (χ4v) is 6.11. The number of halogens is 1. The summed E-state index contributed by atoms with van der Waals surface area (Å²) in [5, 5.41) is 4.69. The van der Waals surface area contributed by atoms with Crippen LogP contribution >= 0.6 is 15.9 Å². The Morgan fingerprint density at radius 2 is 1.81 bits per heavy atom. The van der Waals surface area contributed by atoms with Crippen LogP contribution in [0.2, 0.25) is 0 Å². The molecule has 5 nitrogen and oxygen atoms in total. The van der Waals surface area contributed by atoms with Gasteiger partial charge in [-0.2, -0.15) is 0 Å². The predicted molar refractivity (Wildman–Crippen MR) is 148 cm³/mol. The molecule has 2 aromatic heterocycles. The standard InChI is InChI=1S/C30H27BrN4O/c31-24-9-10-25-27(16-24)35(18-30(12-14-32-17-30)28(36)21-4-5-21)29(34-25)22-6-1-19(2-7-22)23-8-3-20-11-13-33-26(20)15-23/h1-3,6-11,13,15-16,21,32-33H,4-5,12,14,17-18H2/t30-/m0/s1. The fraction of sp³-hybridized carbons (Fsp3) is 0.267. The van der Waals surface area contributed by atoms with Gasteiger partial charge in [0.05, 0.1) is 16.4 Å². The number of carbonyl (C=O) groups excluding carboxylic acids is 1. The summed E-state index contributed by atoms with van der Waals surface area (Å²) in [6, 6.07) is 23.5. The molecule has 180 valence electrons. The third-order valence-corrected chi connectivity index (χ3v) is 8.41. The SMILES string of the molecule is O=C(C1CC1)[C@@]1(Cn2c(-c3ccc(-c4ccc5cc[nH]c5c4)cc3)nc3ccc(Br)cc32)CCNC1. The highest BCUT2D eigenvalue weighted by molar-refractivity contribution is 9.10. The zero-order chi connectivity index (χ0) is 24.3. The van der Waals surface area contributed by atoms with Crippen LogP contribution in [-0.2, 0) is 11.3 Å². The molecule has 3 aromatic carbocycles. The van der Waals surface area contributed by atoms with E-state index in [1.165, 1.54) is 16.5 Å². The summed E-state index contributed by atoms with van der Waals surface area (Å²) in [5.74, 6) is 1.60. The number of nitrogens with zero attached hydrogens (tertiary/aromatic N) is 2. The molecule has 36 heavy (non-hydrogen) atoms. The smallest absolute Gasteiger partial charge is 0.145 e. The summed E-state index contributed by atoms with van der Waals surface area (Å²) in [4.78, 5) is 21.9. The number of aromatic nitrogens is 3. The van der Waals surface area contributed by atoms with Crippen molar-refractivity contribution in [3.05, 3.63) is 77.4 Å². The van der Waals surface area contributed by atoms with Crippen molar-refractivity contribution in [2.45, 2.75) is 25.8 Å². The lowest BCUT2D eigenvalue weighted by Gasteiger charge is -2.28. The number of hydrogen-bond donors (Lipinski definition) is 2. The zero-order valence-corrected chi connectivity index (χ0v) is 21.5. The van der Waals surface area contributed by atoms with Crippen LogP contribution in [-0.4, -0.2) is 33.4 Å². The van der Waals surface area contributed by atoms with Gasteiger partial charge in [0, 0.05) is 40.8 Å². The Morgan fingerprint density at radius 1 is 1.00 bits per heavy atom. The number of carbonyl (C=O) groups is 1. The van der Waals surface area contributed by atoms with Crippen LogP contribution in [0, 0.1) is 11.3 Å². The third kappa shape index (κ3) is 3.71. The van der Waals surface area contributed by atoms with Crippen LogP contribution in [0.15, 0.2) is 77.4 Å². The number of imidazole rings is 1. The van der Waals surface area contributed by atoms with E-state index in [1.54, 1.807) is 0 Å². The van der Waals surface area contributed by atoms with Crippen LogP contribution in [0.5, 0.6) is 0 Å². The first-order valence-electron chi connectivity index (χ1n) is 12.7. The number of aromatic amines is 1. The van der Waals surface area contributed by atoms with Gasteiger partial charge in [0.15, 0.2) is 0 Å². The van der Waals surface area contributed by atoms with Gasteiger partial charge in [0.2, 0.25) is 0 Å². The highest BCUT2D eigenvalue weighted by Gasteiger charge is 2.48. The molecule has 3 heterocycles. The average Bonchev–Trinajstić information content (AvgIpc) is 3.30. The van der Waals surface area contributed by atoms with E-state index < -0.39 is 0 Å². The molecule has 0 spiro atoms. The molecule has 1 saturated heterocycles. The maximum atomic E-state index is 13.5. The summed E-state index contributed by atoms with van der Waals surface area (Å²) in [6.07, 6.45) is 4.94. The van der Waals surface area contributed by atoms with Crippen LogP contribution in [0.25, 0.3) is 44.5 Å². The largest absolute Gasteiger partial charge is 0.361 e. The second kappa shape index (κ2) is 8.43. The van der Waals surface area contributed by atoms with Gasteiger partial charge >= 0.3 is 0 Å². The molecular formula is C30H27BrN4O. The molecule has 6 heteroatoms. The molecule has 7 rings (SSSR count). The van der Waals surface area contributed by atoms with Crippen molar-refractivity contribution in [2.75, 3.05) is 13.1 Å². The van der Waals surface area contributed by atoms with Crippen molar-refractivity contribution in [1.29, 1.82) is 0 Å². The van der Waals surface area contributed by atoms with Crippen LogP contribution in [0.4, 0.5) is 0 Å². The number of Topliss-reactive ketones (excluding diaryl/α,β-unsaturated/α-hetero) is 1. The fourth-order valence-electron chi connectivity index (χ4n) is 5.76. The number of ketones is 1. The van der Waals surface area contributed by atoms with Gasteiger partial charge in [0.25, 0.3) is 0 Å². The van der Waals surface area contributed by atoms with Gasteiger partial charge in [0.1, 0.15) is 11.6 Å². The van der Waals surface area contributed by atoms with Crippen LogP contribution in [0.3, 0.4) is 0 Å². The maximum absolute atomic E-state index is 13.5. The first-order valence-corrected chi connectivity index (χ1v) is 13.5. The van der Waals surface area contributed by atoms with E-state index in [-0.39, 0.29) is 11.3 Å². The minimum atomic E-state index is -0.364. The molecule has 0 unspecified atom stereocenters. The molecule has 0 radical (unpaired) electrons. The van der Waals surface area contributed by atoms with E-state index in [1.807, 2.05) is 12.3 Å². The van der Waals surface area contributed by atoms with Gasteiger partial charge in [-0.1, -0.05) is 52.3 Å². The molecular weight excluding hydrogens is 512 g/mol. The molecule has 0 bridgehead atoms. The Bertz CT molecular complexity index is 1600. The molecule has 2 N–H and O–H groups in total. The number of H-pyrrole nitrogens is 1. The molecule has 2 aliphatic rings. The van der Waals surface area contributed by atoms with Gasteiger partial charge in [-0.15, -0.1) is 0 Å². The Labute approximate surface area is 218 Å². The molecule has 1 aliphatic carbocycles. The van der Waals surface area contributed by atoms with E-state index >= 15 is 0 Å². The summed E-state index contributed by atoms with van der Waals surface area (Å²) in [5.41, 5.74) is 6.20. The summed E-state index contributed by atoms with van der Waals surface area (Å²) in [7, 11) is 0. The van der Waals surface area contributed by atoms with Crippen LogP contribution < -0.4 is 5.32 Å². The highest BCUT2D eigenvalue weighted by Crippen LogP contribution is 2.42. The summed E-state index contributed by atoms with van der Waals surface area (Å²) >= 11 is 3.65. The minimum absolute atomic E-state index is 0.242. The summed E-state index contributed by atoms with van der Waals surface area (Å²) in [6.45, 7) is 2.29. The van der Waals surface area contributed by atoms with Crippen molar-refractivity contribution >= 4 is 43.6 Å². The van der Waals surface area contributed by atoms with Gasteiger partial charge in [-0.05, 0) is 72.7 Å². The van der Waals surface area contributed by atoms with E-state index in [0.717, 1.165) is 64.8 Å². The van der Waals surface area contributed by atoms with Gasteiger partial charge < -0.3 is 14.9 Å². The lowest BCUT2D eigenvalue weighted by molar-refractivity contribution is -0.129. The maximum Gasteiger partial charge on any atom is 0.145 e. The van der Waals surface area contributed by atoms with Crippen molar-refractivity contribution in [1.82, 2.24) is 19.9 Å². The first-order chi connectivity index (χ1) is 17.6. The normalized spacial score (nSPS) is 19.9. The Balaban J connectivity index is 1.31. The highest BCUT2D eigenvalue weighted by atomic mass is 79.9. The first kappa shape index (κ1) is 22.0. The molecule has 5 aromatic rings. The van der Waals surface area contributed by atoms with Gasteiger partial charge in [-0.25, -0.2) is 4.98 Å². The van der Waals surface area contributed by atoms with Crippen molar-refractivity contribution in [3.63, 3.8) is 0 Å². The Morgan fingerprint density at radius 3 is 2.58 bits per heavy atom. The molecule has 2 fully saturated rings. The predicted octanol–water partition coefficient (Wildman–Crippen LogP) is 6.57. The van der Waals surface area contributed by atoms with E-state index in [2.05, 4.69) is 91.5 Å². The number of rotatable bonds is 6. The van der Waals surface area contributed by atoms with Gasteiger partial charge in [-0.3, -0.25) is 4.79 Å². The van der Waals surface area contributed by atoms with E-state index in [0.29, 0.717) is 12.3 Å². The average molecular weight is 539 g/mol. The quantitative estimate of drug-likeness (QED) is 0.257. The van der Waals surface area contributed by atoms with Crippen molar-refractivity contribution < 1.29 is 4.79 Å². The number of nitrogens with one attached hydrogen (secondary N) is 2. The molecule has 1 aliphatic heterocycles. The van der Waals surface area contributed by atoms with Crippen molar-refractivity contribution in [3.8, 4) is 22.5 Å². The summed E-state index contributed by atoms with van der Waals surface area (Å²) < 4.78 is 3.30. The number of hydrogen-bond acceptors (Lipinski definition) is 3. The second-order valence-electron chi connectivity index (χ2n) is 10.4. The van der Waals surface area contributed by atoms with Crippen LogP contribution in [0.1, 0.15) is 19.3 Å². The third-order valence-electron chi connectivity index (χ3n) is 7.92. The van der Waals surface area contributed by atoms with E-state index in [4.69, 9.17) is 4.98 Å². The molecule has 1 atom stereocenters. The molecule has 0 amide bonds. The molecule has 1 saturated carbocycles. The lowest BCUT2D eigenvalue weighted by Crippen LogP contribution is -2.39. The van der Waals surface area contributed by atoms with Crippen molar-refractivity contribution in [2.24, 2.45) is 11.3 Å². The Kier molecular flexibility index (Phi) is 5.15. The topological polar surface area (TPSA) is 62.7 Å². The lowest BCUT2D eigenvalue weighted by atomic mass is 9.80. The number of fused-ring (bicyclic) bond motifs is 2. The zero-order valence-electron chi connectivity index (χ0n) is 19.9. The Hall–Kier alpha value is -3.22. The number of benzene rings is 3. The van der Waals surface area contributed by atoms with E-state index in [9.17, 15) is 4.79 Å².